The van der Waals surface area contributed by atoms with E-state index in [9.17, 15) is 14.4 Å². The molecule has 6 heteroatoms. The molecular formula is C18H24N2O4. The van der Waals surface area contributed by atoms with Crippen LogP contribution in [0.25, 0.3) is 0 Å². The van der Waals surface area contributed by atoms with Crippen LogP contribution >= 0.6 is 0 Å². The van der Waals surface area contributed by atoms with Crippen LogP contribution in [0.5, 0.6) is 5.75 Å². The zero-order chi connectivity index (χ0) is 17.7. The predicted molar refractivity (Wildman–Crippen MR) is 90.0 cm³/mol. The fourth-order valence-electron chi connectivity index (χ4n) is 2.68. The van der Waals surface area contributed by atoms with E-state index in [1.165, 1.54) is 6.92 Å². The molecule has 1 aromatic rings. The molecule has 1 fully saturated rings. The molecule has 1 aromatic carbocycles. The zero-order valence-electron chi connectivity index (χ0n) is 14.4. The summed E-state index contributed by atoms with van der Waals surface area (Å²) in [6.45, 7) is 6.27. The number of carbonyl (C=O) groups excluding carboxylic acids is 3. The van der Waals surface area contributed by atoms with Crippen molar-refractivity contribution in [3.63, 3.8) is 0 Å². The van der Waals surface area contributed by atoms with Crippen LogP contribution < -0.4 is 10.1 Å². The van der Waals surface area contributed by atoms with Gasteiger partial charge in [0.15, 0.2) is 11.9 Å². The normalized spacial score (nSPS) is 16.6. The van der Waals surface area contributed by atoms with Crippen LogP contribution in [0.3, 0.4) is 0 Å². The number of carbonyl (C=O) groups is 3. The first-order valence-electron chi connectivity index (χ1n) is 8.22. The van der Waals surface area contributed by atoms with Crippen LogP contribution in [0.4, 0.5) is 0 Å². The SMILES string of the molecule is CC(=O)c1cccc(O[C@H](C)C(=O)N[C@@H](C)CN2CCCC2=O)c1. The lowest BCUT2D eigenvalue weighted by Crippen LogP contribution is -2.46. The molecule has 1 saturated heterocycles. The number of benzene rings is 1. The zero-order valence-corrected chi connectivity index (χ0v) is 14.4. The molecule has 0 unspecified atom stereocenters. The van der Waals surface area contributed by atoms with Gasteiger partial charge in [-0.05, 0) is 39.3 Å². The van der Waals surface area contributed by atoms with Gasteiger partial charge in [0.2, 0.25) is 5.91 Å². The second-order valence-electron chi connectivity index (χ2n) is 6.20. The number of nitrogens with zero attached hydrogens (tertiary/aromatic N) is 1. The Hall–Kier alpha value is -2.37. The predicted octanol–water partition coefficient (Wildman–Crippen LogP) is 1.78. The summed E-state index contributed by atoms with van der Waals surface area (Å²) in [5.74, 6) is 0.318. The molecule has 1 aliphatic heterocycles. The maximum absolute atomic E-state index is 12.2. The van der Waals surface area contributed by atoms with Crippen LogP contribution in [-0.2, 0) is 9.59 Å². The lowest BCUT2D eigenvalue weighted by molar-refractivity contribution is -0.130. The Labute approximate surface area is 142 Å². The van der Waals surface area contributed by atoms with E-state index in [0.717, 1.165) is 13.0 Å². The number of hydrogen-bond acceptors (Lipinski definition) is 4. The molecule has 130 valence electrons. The summed E-state index contributed by atoms with van der Waals surface area (Å²) in [7, 11) is 0. The highest BCUT2D eigenvalue weighted by molar-refractivity contribution is 5.94. The summed E-state index contributed by atoms with van der Waals surface area (Å²) >= 11 is 0. The number of likely N-dealkylation sites (tertiary alicyclic amines) is 1. The highest BCUT2D eigenvalue weighted by Gasteiger charge is 2.24. The average Bonchev–Trinajstić information content (AvgIpc) is 2.92. The van der Waals surface area contributed by atoms with E-state index in [0.29, 0.717) is 24.3 Å². The van der Waals surface area contributed by atoms with Gasteiger partial charge < -0.3 is 15.0 Å². The fourth-order valence-corrected chi connectivity index (χ4v) is 2.68. The second kappa shape index (κ2) is 7.95. The first-order valence-corrected chi connectivity index (χ1v) is 8.22. The quantitative estimate of drug-likeness (QED) is 0.772. The van der Waals surface area contributed by atoms with Crippen LogP contribution in [0.15, 0.2) is 24.3 Å². The number of Topliss-reactive ketones (excluding diaryl/α,β-unsaturated/α-hetero) is 1. The first kappa shape index (κ1) is 18.0. The number of nitrogens with one attached hydrogen (secondary N) is 1. The van der Waals surface area contributed by atoms with Gasteiger partial charge in [0.25, 0.3) is 5.91 Å². The van der Waals surface area contributed by atoms with Crippen molar-refractivity contribution < 1.29 is 19.1 Å². The number of rotatable bonds is 7. The minimum atomic E-state index is -0.691. The van der Waals surface area contributed by atoms with Gasteiger partial charge in [-0.25, -0.2) is 0 Å². The molecule has 0 saturated carbocycles. The third-order valence-corrected chi connectivity index (χ3v) is 3.98. The van der Waals surface area contributed by atoms with Gasteiger partial charge in [0.1, 0.15) is 5.75 Å². The van der Waals surface area contributed by atoms with Crippen molar-refractivity contribution in [1.29, 1.82) is 0 Å². The maximum atomic E-state index is 12.2. The molecule has 0 aliphatic carbocycles. The Morgan fingerprint density at radius 2 is 2.08 bits per heavy atom. The molecule has 2 atom stereocenters. The molecule has 1 heterocycles. The summed E-state index contributed by atoms with van der Waals surface area (Å²) in [5, 5.41) is 2.86. The van der Waals surface area contributed by atoms with Gasteiger partial charge in [-0.15, -0.1) is 0 Å². The minimum Gasteiger partial charge on any atom is -0.481 e. The van der Waals surface area contributed by atoms with Crippen LogP contribution in [0.1, 0.15) is 44.0 Å². The maximum Gasteiger partial charge on any atom is 0.261 e. The first-order chi connectivity index (χ1) is 11.4. The third kappa shape index (κ3) is 4.81. The molecule has 0 bridgehead atoms. The molecule has 2 amide bonds. The average molecular weight is 332 g/mol. The lowest BCUT2D eigenvalue weighted by Gasteiger charge is -2.23. The van der Waals surface area contributed by atoms with Crippen LogP contribution in [0.2, 0.25) is 0 Å². The molecule has 1 N–H and O–H groups in total. The van der Waals surface area contributed by atoms with E-state index in [4.69, 9.17) is 4.74 Å². The molecule has 0 aromatic heterocycles. The van der Waals surface area contributed by atoms with E-state index < -0.39 is 6.10 Å². The highest BCUT2D eigenvalue weighted by Crippen LogP contribution is 2.15. The van der Waals surface area contributed by atoms with E-state index in [-0.39, 0.29) is 23.6 Å². The Balaban J connectivity index is 1.86. The molecule has 6 nitrogen and oxygen atoms in total. The Morgan fingerprint density at radius 1 is 1.33 bits per heavy atom. The standard InChI is InChI=1S/C18H24N2O4/c1-12(11-20-9-5-8-17(20)22)19-18(23)14(3)24-16-7-4-6-15(10-16)13(2)21/h4,6-7,10,12,14H,5,8-9,11H2,1-3H3,(H,19,23)/t12-,14+/m0/s1. The monoisotopic (exact) mass is 332 g/mol. The van der Waals surface area contributed by atoms with Gasteiger partial charge in [-0.2, -0.15) is 0 Å². The third-order valence-electron chi connectivity index (χ3n) is 3.98. The van der Waals surface area contributed by atoms with Crippen molar-refractivity contribution in [2.75, 3.05) is 13.1 Å². The molecule has 0 spiro atoms. The van der Waals surface area contributed by atoms with Gasteiger partial charge in [0, 0.05) is 31.1 Å². The summed E-state index contributed by atoms with van der Waals surface area (Å²) < 4.78 is 5.61. The van der Waals surface area contributed by atoms with E-state index in [1.54, 1.807) is 36.1 Å². The Bertz CT molecular complexity index is 629. The van der Waals surface area contributed by atoms with Crippen molar-refractivity contribution in [3.8, 4) is 5.75 Å². The van der Waals surface area contributed by atoms with Crippen molar-refractivity contribution in [1.82, 2.24) is 10.2 Å². The molecule has 2 rings (SSSR count). The second-order valence-corrected chi connectivity index (χ2v) is 6.20. The highest BCUT2D eigenvalue weighted by atomic mass is 16.5. The van der Waals surface area contributed by atoms with Gasteiger partial charge in [-0.1, -0.05) is 12.1 Å². The van der Waals surface area contributed by atoms with E-state index >= 15 is 0 Å². The van der Waals surface area contributed by atoms with Crippen LogP contribution in [-0.4, -0.2) is 47.7 Å². The number of ketones is 1. The summed E-state index contributed by atoms with van der Waals surface area (Å²) in [5.41, 5.74) is 0.543. The molecular weight excluding hydrogens is 308 g/mol. The van der Waals surface area contributed by atoms with Crippen LogP contribution in [0, 0.1) is 0 Å². The summed E-state index contributed by atoms with van der Waals surface area (Å²) in [4.78, 5) is 37.0. The van der Waals surface area contributed by atoms with Crippen molar-refractivity contribution in [2.24, 2.45) is 0 Å². The van der Waals surface area contributed by atoms with Gasteiger partial charge in [0.05, 0.1) is 0 Å². The molecule has 0 radical (unpaired) electrons. The number of ether oxygens (including phenoxy) is 1. The van der Waals surface area contributed by atoms with Gasteiger partial charge in [-0.3, -0.25) is 14.4 Å². The fraction of sp³-hybridized carbons (Fsp3) is 0.500. The Morgan fingerprint density at radius 3 is 2.71 bits per heavy atom. The summed E-state index contributed by atoms with van der Waals surface area (Å²) in [6.07, 6.45) is 0.780. The Kier molecular flexibility index (Phi) is 5.95. The largest absolute Gasteiger partial charge is 0.481 e. The molecule has 1 aliphatic rings. The number of hydrogen-bond donors (Lipinski definition) is 1. The topological polar surface area (TPSA) is 75.7 Å². The smallest absolute Gasteiger partial charge is 0.261 e. The minimum absolute atomic E-state index is 0.0542. The van der Waals surface area contributed by atoms with E-state index in [1.807, 2.05) is 6.92 Å². The number of amides is 2. The van der Waals surface area contributed by atoms with Crippen molar-refractivity contribution >= 4 is 17.6 Å². The van der Waals surface area contributed by atoms with E-state index in [2.05, 4.69) is 5.32 Å². The molecule has 24 heavy (non-hydrogen) atoms. The van der Waals surface area contributed by atoms with Crippen molar-refractivity contribution in [2.45, 2.75) is 45.8 Å². The lowest BCUT2D eigenvalue weighted by atomic mass is 10.1. The van der Waals surface area contributed by atoms with Crippen molar-refractivity contribution in [3.05, 3.63) is 29.8 Å². The van der Waals surface area contributed by atoms with Gasteiger partial charge >= 0.3 is 0 Å². The summed E-state index contributed by atoms with van der Waals surface area (Å²) in [6, 6.07) is 6.61.